The molecule has 1 aromatic carbocycles. The number of carbonyl (C=O) groups excluding carboxylic acids is 2. The molecule has 8 nitrogen and oxygen atoms in total. The largest absolute Gasteiger partial charge is 0.497 e. The third kappa shape index (κ3) is 7.02. The van der Waals surface area contributed by atoms with Gasteiger partial charge in [0.1, 0.15) is 11.5 Å². The number of esters is 1. The highest BCUT2D eigenvalue weighted by Crippen LogP contribution is 2.28. The molecule has 2 rings (SSSR count). The van der Waals surface area contributed by atoms with Crippen molar-refractivity contribution in [1.29, 1.82) is 0 Å². The van der Waals surface area contributed by atoms with E-state index < -0.39 is 0 Å². The second-order valence-electron chi connectivity index (χ2n) is 6.28. The van der Waals surface area contributed by atoms with Crippen LogP contribution in [0.4, 0.5) is 0 Å². The standard InChI is InChI=1S/C23H27NO7/c1-5-30-23(26)7-6-12-31-21-13-16(24-15-22(21)29-4)8-11-19(25)18-10-9-17(27-2)14-20(18)28-3/h8-11,13-15H,5-7,12H2,1-4H3/b11-8+. The molecule has 1 heterocycles. The van der Waals surface area contributed by atoms with Crippen LogP contribution in [0.15, 0.2) is 36.5 Å². The van der Waals surface area contributed by atoms with E-state index in [-0.39, 0.29) is 18.2 Å². The lowest BCUT2D eigenvalue weighted by Gasteiger charge is -2.11. The van der Waals surface area contributed by atoms with E-state index in [4.69, 9.17) is 23.7 Å². The Morgan fingerprint density at radius 2 is 1.77 bits per heavy atom. The van der Waals surface area contributed by atoms with Crippen LogP contribution in [-0.2, 0) is 9.53 Å². The summed E-state index contributed by atoms with van der Waals surface area (Å²) in [5, 5.41) is 0. The SMILES string of the molecule is CCOC(=O)CCCOc1cc(/C=C/C(=O)c2ccc(OC)cc2OC)ncc1OC. The third-order valence-electron chi connectivity index (χ3n) is 4.24. The van der Waals surface area contributed by atoms with Crippen LogP contribution < -0.4 is 18.9 Å². The number of allylic oxidation sites excluding steroid dienone is 1. The van der Waals surface area contributed by atoms with E-state index in [1.165, 1.54) is 26.5 Å². The summed E-state index contributed by atoms with van der Waals surface area (Å²) in [6.07, 6.45) is 5.27. The summed E-state index contributed by atoms with van der Waals surface area (Å²) in [6.45, 7) is 2.43. The molecule has 0 fully saturated rings. The normalized spacial score (nSPS) is 10.6. The molecule has 166 valence electrons. The van der Waals surface area contributed by atoms with Crippen LogP contribution in [-0.4, -0.2) is 51.3 Å². The third-order valence-corrected chi connectivity index (χ3v) is 4.24. The van der Waals surface area contributed by atoms with Crippen molar-refractivity contribution in [3.8, 4) is 23.0 Å². The Balaban J connectivity index is 2.07. The van der Waals surface area contributed by atoms with Gasteiger partial charge in [-0.15, -0.1) is 0 Å². The predicted molar refractivity (Wildman–Crippen MR) is 115 cm³/mol. The molecule has 0 saturated carbocycles. The Kier molecular flexibility index (Phi) is 9.35. The van der Waals surface area contributed by atoms with Crippen LogP contribution in [0.3, 0.4) is 0 Å². The van der Waals surface area contributed by atoms with Gasteiger partial charge in [0.05, 0.1) is 52.0 Å². The molecule has 0 N–H and O–H groups in total. The molecule has 1 aromatic heterocycles. The first-order valence-electron chi connectivity index (χ1n) is 9.79. The lowest BCUT2D eigenvalue weighted by Crippen LogP contribution is -2.07. The van der Waals surface area contributed by atoms with E-state index in [1.54, 1.807) is 44.4 Å². The lowest BCUT2D eigenvalue weighted by molar-refractivity contribution is -0.143. The Labute approximate surface area is 181 Å². The van der Waals surface area contributed by atoms with Gasteiger partial charge in [0.15, 0.2) is 17.3 Å². The average molecular weight is 429 g/mol. The monoisotopic (exact) mass is 429 g/mol. The van der Waals surface area contributed by atoms with Gasteiger partial charge in [-0.3, -0.25) is 14.6 Å². The maximum atomic E-state index is 12.6. The van der Waals surface area contributed by atoms with Gasteiger partial charge in [0.2, 0.25) is 0 Å². The van der Waals surface area contributed by atoms with Gasteiger partial charge < -0.3 is 23.7 Å². The van der Waals surface area contributed by atoms with Crippen molar-refractivity contribution < 1.29 is 33.3 Å². The second-order valence-corrected chi connectivity index (χ2v) is 6.28. The zero-order chi connectivity index (χ0) is 22.6. The summed E-state index contributed by atoms with van der Waals surface area (Å²) in [5.74, 6) is 1.44. The van der Waals surface area contributed by atoms with Crippen LogP contribution in [0.25, 0.3) is 6.08 Å². The van der Waals surface area contributed by atoms with E-state index in [2.05, 4.69) is 4.98 Å². The first kappa shape index (κ1) is 23.7. The molecule has 0 atom stereocenters. The van der Waals surface area contributed by atoms with Gasteiger partial charge in [-0.1, -0.05) is 0 Å². The number of ether oxygens (including phenoxy) is 5. The number of benzene rings is 1. The second kappa shape index (κ2) is 12.2. The molecule has 0 spiro atoms. The Hall–Kier alpha value is -3.55. The van der Waals surface area contributed by atoms with E-state index in [1.807, 2.05) is 0 Å². The number of nitrogens with zero attached hydrogens (tertiary/aromatic N) is 1. The highest BCUT2D eigenvalue weighted by molar-refractivity contribution is 6.08. The smallest absolute Gasteiger partial charge is 0.305 e. The zero-order valence-electron chi connectivity index (χ0n) is 18.2. The Morgan fingerprint density at radius 3 is 2.45 bits per heavy atom. The maximum absolute atomic E-state index is 12.6. The highest BCUT2D eigenvalue weighted by Gasteiger charge is 2.12. The van der Waals surface area contributed by atoms with Crippen LogP contribution >= 0.6 is 0 Å². The van der Waals surface area contributed by atoms with E-state index >= 15 is 0 Å². The molecule has 31 heavy (non-hydrogen) atoms. The van der Waals surface area contributed by atoms with Crippen molar-refractivity contribution in [3.63, 3.8) is 0 Å². The lowest BCUT2D eigenvalue weighted by atomic mass is 10.1. The molecule has 0 saturated heterocycles. The van der Waals surface area contributed by atoms with Gasteiger partial charge in [-0.2, -0.15) is 0 Å². The van der Waals surface area contributed by atoms with Gasteiger partial charge in [0.25, 0.3) is 0 Å². The molecule has 8 heteroatoms. The van der Waals surface area contributed by atoms with Crippen molar-refractivity contribution in [1.82, 2.24) is 4.98 Å². The molecule has 2 aromatic rings. The summed E-state index contributed by atoms with van der Waals surface area (Å²) in [5.41, 5.74) is 0.922. The van der Waals surface area contributed by atoms with Crippen LogP contribution in [0.5, 0.6) is 23.0 Å². The summed E-state index contributed by atoms with van der Waals surface area (Å²) in [7, 11) is 4.55. The molecule has 0 aliphatic rings. The van der Waals surface area contributed by atoms with Crippen molar-refractivity contribution >= 4 is 17.8 Å². The number of aromatic nitrogens is 1. The fraction of sp³-hybridized carbons (Fsp3) is 0.348. The summed E-state index contributed by atoms with van der Waals surface area (Å²) >= 11 is 0. The Morgan fingerprint density at radius 1 is 1.00 bits per heavy atom. The van der Waals surface area contributed by atoms with Gasteiger partial charge in [0, 0.05) is 18.6 Å². The molecule has 0 bridgehead atoms. The van der Waals surface area contributed by atoms with Gasteiger partial charge in [-0.05, 0) is 37.6 Å². The average Bonchev–Trinajstić information content (AvgIpc) is 2.80. The van der Waals surface area contributed by atoms with E-state index in [0.717, 1.165) is 0 Å². The quantitative estimate of drug-likeness (QED) is 0.218. The highest BCUT2D eigenvalue weighted by atomic mass is 16.5. The Bertz CT molecular complexity index is 924. The number of ketones is 1. The van der Waals surface area contributed by atoms with E-state index in [0.29, 0.717) is 53.9 Å². The van der Waals surface area contributed by atoms with Gasteiger partial charge in [-0.25, -0.2) is 0 Å². The van der Waals surface area contributed by atoms with Crippen molar-refractivity contribution in [2.75, 3.05) is 34.5 Å². The van der Waals surface area contributed by atoms with Crippen molar-refractivity contribution in [2.24, 2.45) is 0 Å². The van der Waals surface area contributed by atoms with Gasteiger partial charge >= 0.3 is 5.97 Å². The molecule has 0 aliphatic heterocycles. The van der Waals surface area contributed by atoms with Crippen LogP contribution in [0.2, 0.25) is 0 Å². The zero-order valence-corrected chi connectivity index (χ0v) is 18.2. The topological polar surface area (TPSA) is 93.2 Å². The number of pyridine rings is 1. The number of rotatable bonds is 12. The fourth-order valence-electron chi connectivity index (χ4n) is 2.68. The number of methoxy groups -OCH3 is 3. The van der Waals surface area contributed by atoms with Crippen LogP contribution in [0.1, 0.15) is 35.8 Å². The minimum absolute atomic E-state index is 0.242. The number of hydrogen-bond acceptors (Lipinski definition) is 8. The van der Waals surface area contributed by atoms with Crippen molar-refractivity contribution in [3.05, 3.63) is 47.8 Å². The number of carbonyl (C=O) groups is 2. The molecular formula is C23H27NO7. The first-order valence-corrected chi connectivity index (χ1v) is 9.79. The summed E-state index contributed by atoms with van der Waals surface area (Å²) in [4.78, 5) is 28.3. The molecule has 0 aliphatic carbocycles. The van der Waals surface area contributed by atoms with E-state index in [9.17, 15) is 9.59 Å². The van der Waals surface area contributed by atoms with Crippen LogP contribution in [0, 0.1) is 0 Å². The molecule has 0 radical (unpaired) electrons. The maximum Gasteiger partial charge on any atom is 0.305 e. The summed E-state index contributed by atoms with van der Waals surface area (Å²) < 4.78 is 26.3. The fourth-order valence-corrected chi connectivity index (χ4v) is 2.68. The minimum Gasteiger partial charge on any atom is -0.497 e. The minimum atomic E-state index is -0.260. The predicted octanol–water partition coefficient (Wildman–Crippen LogP) is 3.73. The van der Waals surface area contributed by atoms with Crippen molar-refractivity contribution in [2.45, 2.75) is 19.8 Å². The first-order chi connectivity index (χ1) is 15.0. The molecular weight excluding hydrogens is 402 g/mol. The number of hydrogen-bond donors (Lipinski definition) is 0. The summed E-state index contributed by atoms with van der Waals surface area (Å²) in [6, 6.07) is 6.65. The molecule has 0 amide bonds. The molecule has 0 unspecified atom stereocenters.